The number of para-hydroxylation sites is 1. The Hall–Kier alpha value is -3.12. The van der Waals surface area contributed by atoms with Crippen molar-refractivity contribution in [1.29, 1.82) is 0 Å². The number of halogens is 1. The highest BCUT2D eigenvalue weighted by Crippen LogP contribution is 2.22. The second-order valence-electron chi connectivity index (χ2n) is 6.25. The summed E-state index contributed by atoms with van der Waals surface area (Å²) in [5, 5.41) is 10.3. The average Bonchev–Trinajstić information content (AvgIpc) is 3.14. The molecule has 0 fully saturated rings. The van der Waals surface area contributed by atoms with E-state index in [2.05, 4.69) is 15.7 Å². The number of anilines is 1. The van der Waals surface area contributed by atoms with Crippen molar-refractivity contribution >= 4 is 29.1 Å². The predicted molar refractivity (Wildman–Crippen MR) is 110 cm³/mol. The van der Waals surface area contributed by atoms with Crippen molar-refractivity contribution < 1.29 is 9.59 Å². The van der Waals surface area contributed by atoms with E-state index < -0.39 is 0 Å². The molecule has 0 radical (unpaired) electrons. The summed E-state index contributed by atoms with van der Waals surface area (Å²) in [5.41, 5.74) is 3.53. The van der Waals surface area contributed by atoms with Gasteiger partial charge in [-0.05, 0) is 43.2 Å². The quantitative estimate of drug-likeness (QED) is 0.666. The number of hydrogen-bond acceptors (Lipinski definition) is 3. The maximum atomic E-state index is 12.6. The SMILES string of the molecule is CCc1c(C(=O)NCC(=O)Nc2cccc(Cl)c2C)cnn1-c1ccccc1. The monoisotopic (exact) mass is 396 g/mol. The fourth-order valence-corrected chi connectivity index (χ4v) is 3.06. The molecule has 2 amide bonds. The highest BCUT2D eigenvalue weighted by Gasteiger charge is 2.18. The molecule has 28 heavy (non-hydrogen) atoms. The zero-order valence-corrected chi connectivity index (χ0v) is 16.5. The van der Waals surface area contributed by atoms with Crippen molar-refractivity contribution in [2.75, 3.05) is 11.9 Å². The van der Waals surface area contributed by atoms with E-state index in [0.29, 0.717) is 22.7 Å². The van der Waals surface area contributed by atoms with Gasteiger partial charge in [-0.3, -0.25) is 9.59 Å². The van der Waals surface area contributed by atoms with Crippen molar-refractivity contribution in [3.8, 4) is 5.69 Å². The van der Waals surface area contributed by atoms with Gasteiger partial charge in [0.1, 0.15) is 0 Å². The van der Waals surface area contributed by atoms with Gasteiger partial charge in [0.2, 0.25) is 5.91 Å². The van der Waals surface area contributed by atoms with E-state index >= 15 is 0 Å². The van der Waals surface area contributed by atoms with Crippen LogP contribution in [0.15, 0.2) is 54.7 Å². The Morgan fingerprint density at radius 3 is 2.57 bits per heavy atom. The Labute approximate surface area is 168 Å². The topological polar surface area (TPSA) is 76.0 Å². The number of nitrogens with zero attached hydrogens (tertiary/aromatic N) is 2. The Morgan fingerprint density at radius 2 is 1.86 bits per heavy atom. The van der Waals surface area contributed by atoms with Gasteiger partial charge >= 0.3 is 0 Å². The maximum Gasteiger partial charge on any atom is 0.255 e. The highest BCUT2D eigenvalue weighted by atomic mass is 35.5. The van der Waals surface area contributed by atoms with Crippen molar-refractivity contribution in [2.24, 2.45) is 0 Å². The van der Waals surface area contributed by atoms with Crippen LogP contribution in [0.3, 0.4) is 0 Å². The Kier molecular flexibility index (Phi) is 6.11. The van der Waals surface area contributed by atoms with Crippen LogP contribution in [0.5, 0.6) is 0 Å². The first kappa shape index (κ1) is 19.6. The van der Waals surface area contributed by atoms with Gasteiger partial charge in [-0.15, -0.1) is 0 Å². The molecule has 0 spiro atoms. The minimum atomic E-state index is -0.336. The first-order valence-corrected chi connectivity index (χ1v) is 9.34. The summed E-state index contributed by atoms with van der Waals surface area (Å²) in [4.78, 5) is 24.8. The Morgan fingerprint density at radius 1 is 1.11 bits per heavy atom. The Balaban J connectivity index is 1.67. The summed E-state index contributed by atoms with van der Waals surface area (Å²) in [6.07, 6.45) is 2.16. The van der Waals surface area contributed by atoms with Crippen LogP contribution >= 0.6 is 11.6 Å². The first-order valence-electron chi connectivity index (χ1n) is 8.96. The third-order valence-electron chi connectivity index (χ3n) is 4.40. The second kappa shape index (κ2) is 8.71. The van der Waals surface area contributed by atoms with E-state index in [-0.39, 0.29) is 18.4 Å². The molecule has 0 atom stereocenters. The summed E-state index contributed by atoms with van der Waals surface area (Å²) in [6.45, 7) is 3.63. The average molecular weight is 397 g/mol. The maximum absolute atomic E-state index is 12.6. The van der Waals surface area contributed by atoms with Gasteiger partial charge < -0.3 is 10.6 Å². The van der Waals surface area contributed by atoms with Crippen molar-refractivity contribution in [3.63, 3.8) is 0 Å². The number of carbonyl (C=O) groups excluding carboxylic acids is 2. The summed E-state index contributed by atoms with van der Waals surface area (Å²) in [7, 11) is 0. The van der Waals surface area contributed by atoms with E-state index in [0.717, 1.165) is 16.9 Å². The first-order chi connectivity index (χ1) is 13.5. The molecule has 0 bridgehead atoms. The number of carbonyl (C=O) groups is 2. The lowest BCUT2D eigenvalue weighted by atomic mass is 10.2. The molecule has 2 N–H and O–H groups in total. The van der Waals surface area contributed by atoms with Crippen LogP contribution in [0.4, 0.5) is 5.69 Å². The molecular formula is C21H21ClN4O2. The lowest BCUT2D eigenvalue weighted by molar-refractivity contribution is -0.115. The number of hydrogen-bond donors (Lipinski definition) is 2. The van der Waals surface area contributed by atoms with Crippen LogP contribution in [0, 0.1) is 6.92 Å². The van der Waals surface area contributed by atoms with Crippen LogP contribution in [-0.4, -0.2) is 28.1 Å². The van der Waals surface area contributed by atoms with Crippen molar-refractivity contribution in [1.82, 2.24) is 15.1 Å². The van der Waals surface area contributed by atoms with Gasteiger partial charge in [-0.2, -0.15) is 5.10 Å². The molecule has 0 aliphatic heterocycles. The largest absolute Gasteiger partial charge is 0.343 e. The van der Waals surface area contributed by atoms with E-state index in [9.17, 15) is 9.59 Å². The third-order valence-corrected chi connectivity index (χ3v) is 4.81. The smallest absolute Gasteiger partial charge is 0.255 e. The number of nitrogens with one attached hydrogen (secondary N) is 2. The molecule has 2 aromatic carbocycles. The standard InChI is InChI=1S/C21H21ClN4O2/c1-3-19-16(12-24-26(19)15-8-5-4-6-9-15)21(28)23-13-20(27)25-18-11-7-10-17(22)14(18)2/h4-12H,3,13H2,1-2H3,(H,23,28)(H,25,27). The van der Waals surface area contributed by atoms with Gasteiger partial charge in [0.15, 0.2) is 0 Å². The second-order valence-corrected chi connectivity index (χ2v) is 6.66. The molecule has 0 aliphatic rings. The highest BCUT2D eigenvalue weighted by molar-refractivity contribution is 6.31. The molecule has 0 saturated heterocycles. The van der Waals surface area contributed by atoms with Gasteiger partial charge in [0.25, 0.3) is 5.91 Å². The fourth-order valence-electron chi connectivity index (χ4n) is 2.89. The van der Waals surface area contributed by atoms with Crippen LogP contribution in [0.25, 0.3) is 5.69 Å². The van der Waals surface area contributed by atoms with Crippen LogP contribution in [0.2, 0.25) is 5.02 Å². The Bertz CT molecular complexity index is 999. The summed E-state index contributed by atoms with van der Waals surface area (Å²) in [6, 6.07) is 14.9. The van der Waals surface area contributed by atoms with Gasteiger partial charge in [-0.1, -0.05) is 42.8 Å². The predicted octanol–water partition coefficient (Wildman–Crippen LogP) is 3.77. The van der Waals surface area contributed by atoms with Gasteiger partial charge in [0.05, 0.1) is 29.7 Å². The minimum Gasteiger partial charge on any atom is -0.343 e. The van der Waals surface area contributed by atoms with Crippen molar-refractivity contribution in [3.05, 3.63) is 76.6 Å². The van der Waals surface area contributed by atoms with E-state index in [1.165, 1.54) is 6.20 Å². The normalized spacial score (nSPS) is 10.5. The van der Waals surface area contributed by atoms with E-state index in [1.54, 1.807) is 22.9 Å². The summed E-state index contributed by atoms with van der Waals surface area (Å²) in [5.74, 6) is -0.663. The van der Waals surface area contributed by atoms with Crippen LogP contribution in [0.1, 0.15) is 28.5 Å². The third kappa shape index (κ3) is 4.23. The van der Waals surface area contributed by atoms with Gasteiger partial charge in [0, 0.05) is 10.7 Å². The van der Waals surface area contributed by atoms with Crippen molar-refractivity contribution in [2.45, 2.75) is 20.3 Å². The number of rotatable bonds is 6. The molecule has 144 valence electrons. The molecule has 3 aromatic rings. The molecule has 0 unspecified atom stereocenters. The fraction of sp³-hybridized carbons (Fsp3) is 0.190. The molecular weight excluding hydrogens is 376 g/mol. The molecule has 3 rings (SSSR count). The molecule has 1 heterocycles. The van der Waals surface area contributed by atoms with E-state index in [1.807, 2.05) is 44.2 Å². The van der Waals surface area contributed by atoms with Crippen LogP contribution in [-0.2, 0) is 11.2 Å². The summed E-state index contributed by atoms with van der Waals surface area (Å²) < 4.78 is 1.74. The lowest BCUT2D eigenvalue weighted by Crippen LogP contribution is -2.33. The lowest BCUT2D eigenvalue weighted by Gasteiger charge is -2.11. The van der Waals surface area contributed by atoms with E-state index in [4.69, 9.17) is 11.6 Å². The summed E-state index contributed by atoms with van der Waals surface area (Å²) >= 11 is 6.06. The zero-order valence-electron chi connectivity index (χ0n) is 15.7. The number of benzene rings is 2. The van der Waals surface area contributed by atoms with Crippen LogP contribution < -0.4 is 10.6 Å². The minimum absolute atomic E-state index is 0.148. The van der Waals surface area contributed by atoms with Gasteiger partial charge in [-0.25, -0.2) is 4.68 Å². The number of amides is 2. The molecule has 7 heteroatoms. The molecule has 6 nitrogen and oxygen atoms in total. The molecule has 1 aromatic heterocycles. The molecule has 0 saturated carbocycles. The molecule has 0 aliphatic carbocycles. The number of aromatic nitrogens is 2. The zero-order chi connectivity index (χ0) is 20.1.